The first-order valence-corrected chi connectivity index (χ1v) is 4.35. The minimum absolute atomic E-state index is 0.262. The van der Waals surface area contributed by atoms with Crippen LogP contribution in [0, 0.1) is 0 Å². The number of hydrogen-bond acceptors (Lipinski definition) is 3. The zero-order valence-electron chi connectivity index (χ0n) is 7.60. The van der Waals surface area contributed by atoms with Crippen molar-refractivity contribution in [3.63, 3.8) is 0 Å². The van der Waals surface area contributed by atoms with Crippen molar-refractivity contribution in [3.05, 3.63) is 27.2 Å². The lowest BCUT2D eigenvalue weighted by atomic mass is 10.5. The highest BCUT2D eigenvalue weighted by molar-refractivity contribution is 5.70. The van der Waals surface area contributed by atoms with Crippen LogP contribution in [0.5, 0.6) is 0 Å². The number of hydrogen-bond donors (Lipinski definition) is 0. The van der Waals surface area contributed by atoms with Crippen molar-refractivity contribution >= 4 is 11.2 Å². The fourth-order valence-corrected chi connectivity index (χ4v) is 1.90. The summed E-state index contributed by atoms with van der Waals surface area (Å²) in [5, 5.41) is 0. The molecule has 0 aromatic carbocycles. The van der Waals surface area contributed by atoms with E-state index < -0.39 is 0 Å². The van der Waals surface area contributed by atoms with Crippen molar-refractivity contribution in [2.45, 2.75) is 13.1 Å². The van der Waals surface area contributed by atoms with Gasteiger partial charge in [0.05, 0.1) is 6.33 Å². The molecule has 0 atom stereocenters. The van der Waals surface area contributed by atoms with Crippen LogP contribution >= 0.6 is 0 Å². The fraction of sp³-hybridized carbons (Fsp3) is 0.375. The molecule has 0 radical (unpaired) electrons. The third kappa shape index (κ3) is 0.650. The van der Waals surface area contributed by atoms with Gasteiger partial charge in [-0.05, 0) is 0 Å². The van der Waals surface area contributed by atoms with Crippen molar-refractivity contribution < 1.29 is 0 Å². The van der Waals surface area contributed by atoms with Gasteiger partial charge in [0, 0.05) is 20.1 Å². The molecule has 1 aliphatic heterocycles. The van der Waals surface area contributed by atoms with Gasteiger partial charge in [0.15, 0.2) is 5.52 Å². The molecule has 0 bridgehead atoms. The lowest BCUT2D eigenvalue weighted by molar-refractivity contribution is 0.620. The minimum atomic E-state index is -0.318. The molecule has 0 N–H and O–H groups in total. The molecular formula is C8H8N4O2. The van der Waals surface area contributed by atoms with Crippen molar-refractivity contribution in [2.75, 3.05) is 0 Å². The Morgan fingerprint density at radius 2 is 2.14 bits per heavy atom. The van der Waals surface area contributed by atoms with E-state index in [0.717, 1.165) is 11.1 Å². The van der Waals surface area contributed by atoms with Crippen LogP contribution in [0.4, 0.5) is 0 Å². The van der Waals surface area contributed by atoms with Crippen LogP contribution in [0.2, 0.25) is 0 Å². The second kappa shape index (κ2) is 2.14. The Hall–Kier alpha value is -1.85. The third-order valence-corrected chi connectivity index (χ3v) is 2.66. The van der Waals surface area contributed by atoms with Crippen LogP contribution < -0.4 is 11.2 Å². The fourth-order valence-electron chi connectivity index (χ4n) is 1.90. The Morgan fingerprint density at radius 1 is 1.36 bits per heavy atom. The Labute approximate surface area is 78.0 Å². The third-order valence-electron chi connectivity index (χ3n) is 2.66. The average Bonchev–Trinajstić information content (AvgIpc) is 2.73. The SMILES string of the molecule is Cn1c(=O)c2ncn3c2n(c1=O)CC3. The number of aryl methyl sites for hydroxylation is 2. The normalized spacial score (nSPS) is 14.1. The van der Waals surface area contributed by atoms with E-state index in [1.165, 1.54) is 7.05 Å². The van der Waals surface area contributed by atoms with Crippen LogP contribution in [0.3, 0.4) is 0 Å². The standard InChI is InChI=1S/C8H8N4O2/c1-10-7(13)5-6-11(4-9-5)2-3-12(6)8(10)14/h4H,2-3H2,1H3. The van der Waals surface area contributed by atoms with Gasteiger partial charge >= 0.3 is 5.69 Å². The highest BCUT2D eigenvalue weighted by Crippen LogP contribution is 2.12. The van der Waals surface area contributed by atoms with E-state index in [1.54, 1.807) is 10.9 Å². The molecule has 14 heavy (non-hydrogen) atoms. The molecule has 0 spiro atoms. The van der Waals surface area contributed by atoms with E-state index in [9.17, 15) is 9.59 Å². The van der Waals surface area contributed by atoms with Crippen LogP contribution in [0.25, 0.3) is 11.2 Å². The first kappa shape index (κ1) is 7.54. The van der Waals surface area contributed by atoms with E-state index in [2.05, 4.69) is 4.98 Å². The molecule has 0 fully saturated rings. The molecule has 6 heteroatoms. The topological polar surface area (TPSA) is 61.8 Å². The highest BCUT2D eigenvalue weighted by atomic mass is 16.2. The predicted molar refractivity (Wildman–Crippen MR) is 49.2 cm³/mol. The summed E-state index contributed by atoms with van der Waals surface area (Å²) in [7, 11) is 1.48. The highest BCUT2D eigenvalue weighted by Gasteiger charge is 2.20. The first-order valence-electron chi connectivity index (χ1n) is 4.35. The van der Waals surface area contributed by atoms with Gasteiger partial charge in [-0.15, -0.1) is 0 Å². The monoisotopic (exact) mass is 192 g/mol. The Bertz CT molecular complexity index is 646. The van der Waals surface area contributed by atoms with Gasteiger partial charge < -0.3 is 4.57 Å². The van der Waals surface area contributed by atoms with Gasteiger partial charge in [0.25, 0.3) is 5.56 Å². The zero-order chi connectivity index (χ0) is 9.87. The van der Waals surface area contributed by atoms with E-state index in [4.69, 9.17) is 0 Å². The molecule has 6 nitrogen and oxygen atoms in total. The van der Waals surface area contributed by atoms with Crippen LogP contribution in [-0.4, -0.2) is 18.7 Å². The van der Waals surface area contributed by atoms with Crippen molar-refractivity contribution in [2.24, 2.45) is 7.05 Å². The molecule has 0 saturated heterocycles. The number of rotatable bonds is 0. The van der Waals surface area contributed by atoms with Gasteiger partial charge in [-0.1, -0.05) is 0 Å². The van der Waals surface area contributed by atoms with Crippen LogP contribution in [0.1, 0.15) is 0 Å². The summed E-state index contributed by atoms with van der Waals surface area (Å²) in [6.45, 7) is 1.34. The molecule has 0 aliphatic carbocycles. The van der Waals surface area contributed by atoms with E-state index in [1.807, 2.05) is 4.57 Å². The zero-order valence-corrected chi connectivity index (χ0v) is 7.60. The van der Waals surface area contributed by atoms with E-state index >= 15 is 0 Å². The maximum absolute atomic E-state index is 11.7. The van der Waals surface area contributed by atoms with Gasteiger partial charge in [-0.2, -0.15) is 0 Å². The second-order valence-electron chi connectivity index (χ2n) is 3.41. The van der Waals surface area contributed by atoms with Gasteiger partial charge in [-0.3, -0.25) is 13.9 Å². The van der Waals surface area contributed by atoms with Gasteiger partial charge in [0.1, 0.15) is 5.65 Å². The van der Waals surface area contributed by atoms with Crippen molar-refractivity contribution in [1.29, 1.82) is 0 Å². The summed E-state index contributed by atoms with van der Waals surface area (Å²) in [6.07, 6.45) is 1.61. The molecule has 0 unspecified atom stereocenters. The van der Waals surface area contributed by atoms with Crippen molar-refractivity contribution in [1.82, 2.24) is 18.7 Å². The molecule has 2 aromatic heterocycles. The Kier molecular flexibility index (Phi) is 1.16. The molecule has 1 aliphatic rings. The predicted octanol–water partition coefficient (Wildman–Crippen LogP) is -1.09. The summed E-state index contributed by atoms with van der Waals surface area (Å²) >= 11 is 0. The maximum atomic E-state index is 11.7. The summed E-state index contributed by atoms with van der Waals surface area (Å²) < 4.78 is 4.52. The van der Waals surface area contributed by atoms with Crippen LogP contribution in [0.15, 0.2) is 15.9 Å². The Morgan fingerprint density at radius 3 is 2.93 bits per heavy atom. The Balaban J connectivity index is 2.74. The molecule has 0 amide bonds. The van der Waals surface area contributed by atoms with E-state index in [-0.39, 0.29) is 11.2 Å². The number of nitrogens with zero attached hydrogens (tertiary/aromatic N) is 4. The lowest BCUT2D eigenvalue weighted by Crippen LogP contribution is -2.37. The number of aromatic nitrogens is 4. The van der Waals surface area contributed by atoms with Crippen molar-refractivity contribution in [3.8, 4) is 0 Å². The van der Waals surface area contributed by atoms with Gasteiger partial charge in [-0.25, -0.2) is 9.78 Å². The molecule has 0 saturated carbocycles. The summed E-state index contributed by atoms with van der Waals surface area (Å²) in [6, 6.07) is 0. The van der Waals surface area contributed by atoms with E-state index in [0.29, 0.717) is 17.7 Å². The first-order chi connectivity index (χ1) is 6.70. The average molecular weight is 192 g/mol. The largest absolute Gasteiger partial charge is 0.332 e. The molecule has 3 rings (SSSR count). The lowest BCUT2D eigenvalue weighted by Gasteiger charge is -2.01. The quantitative estimate of drug-likeness (QED) is 0.533. The maximum Gasteiger partial charge on any atom is 0.332 e. The molecular weight excluding hydrogens is 184 g/mol. The second-order valence-corrected chi connectivity index (χ2v) is 3.41. The molecule has 2 aromatic rings. The smallest absolute Gasteiger partial charge is 0.315 e. The van der Waals surface area contributed by atoms with Gasteiger partial charge in [0.2, 0.25) is 0 Å². The summed E-state index contributed by atoms with van der Waals surface area (Å²) in [5.74, 6) is 0. The summed E-state index contributed by atoms with van der Waals surface area (Å²) in [5.41, 5.74) is 0.450. The van der Waals surface area contributed by atoms with Crippen LogP contribution in [-0.2, 0) is 20.1 Å². The molecule has 72 valence electrons. The number of imidazole rings is 1. The summed E-state index contributed by atoms with van der Waals surface area (Å²) in [4.78, 5) is 27.3. The molecule has 3 heterocycles. The minimum Gasteiger partial charge on any atom is -0.315 e.